The van der Waals surface area contributed by atoms with Gasteiger partial charge >= 0.3 is 5.97 Å². The number of hydrogen-bond acceptors (Lipinski definition) is 6. The predicted octanol–water partition coefficient (Wildman–Crippen LogP) is 3.12. The van der Waals surface area contributed by atoms with Crippen molar-refractivity contribution in [1.82, 2.24) is 4.31 Å². The Hall–Kier alpha value is -2.95. The molecule has 0 saturated carbocycles. The first kappa shape index (κ1) is 25.3. The first-order valence-electron chi connectivity index (χ1n) is 9.72. The molecular weight excluding hydrogens is 458 g/mol. The summed E-state index contributed by atoms with van der Waals surface area (Å²) in [4.78, 5) is 35.3. The Bertz CT molecular complexity index is 1100. The number of rotatable bonds is 9. The van der Waals surface area contributed by atoms with E-state index in [9.17, 15) is 22.8 Å². The largest absolute Gasteiger partial charge is 0.452 e. The van der Waals surface area contributed by atoms with Crippen LogP contribution in [0.1, 0.15) is 31.1 Å². The Morgan fingerprint density at radius 2 is 1.53 bits per heavy atom. The standard InChI is InChI=1S/C21H24ClN3O6S/c1-4-25(5-2)32(29,30)19-12-15(6-11-18(19)22)21(28)31-13-20(27)24-17-9-7-16(8-10-17)23-14(3)26/h6-12H,4-5,13H2,1-3H3,(H,23,26)(H,24,27). The highest BCUT2D eigenvalue weighted by atomic mass is 35.5. The third-order valence-corrected chi connectivity index (χ3v) is 6.84. The Labute approximate surface area is 191 Å². The van der Waals surface area contributed by atoms with Gasteiger partial charge in [0.15, 0.2) is 6.61 Å². The fourth-order valence-corrected chi connectivity index (χ4v) is 4.74. The number of ether oxygens (including phenoxy) is 1. The van der Waals surface area contributed by atoms with Gasteiger partial charge in [-0.2, -0.15) is 4.31 Å². The first-order chi connectivity index (χ1) is 15.1. The maximum atomic E-state index is 12.7. The first-order valence-corrected chi connectivity index (χ1v) is 11.5. The van der Waals surface area contributed by atoms with Gasteiger partial charge in [-0.25, -0.2) is 13.2 Å². The maximum Gasteiger partial charge on any atom is 0.338 e. The molecule has 0 atom stereocenters. The Morgan fingerprint density at radius 1 is 0.969 bits per heavy atom. The molecule has 0 aliphatic rings. The minimum absolute atomic E-state index is 0.0195. The molecule has 0 bridgehead atoms. The van der Waals surface area contributed by atoms with Crippen molar-refractivity contribution in [2.24, 2.45) is 0 Å². The van der Waals surface area contributed by atoms with Crippen molar-refractivity contribution in [3.63, 3.8) is 0 Å². The topological polar surface area (TPSA) is 122 Å². The zero-order valence-electron chi connectivity index (χ0n) is 17.8. The maximum absolute atomic E-state index is 12.7. The second-order valence-corrected chi connectivity index (χ2v) is 8.93. The molecule has 9 nitrogen and oxygen atoms in total. The number of nitrogens with one attached hydrogen (secondary N) is 2. The summed E-state index contributed by atoms with van der Waals surface area (Å²) >= 11 is 6.05. The van der Waals surface area contributed by atoms with Gasteiger partial charge in [-0.15, -0.1) is 0 Å². The van der Waals surface area contributed by atoms with Crippen LogP contribution >= 0.6 is 11.6 Å². The monoisotopic (exact) mass is 481 g/mol. The lowest BCUT2D eigenvalue weighted by Gasteiger charge is -2.19. The van der Waals surface area contributed by atoms with Crippen LogP contribution in [0.5, 0.6) is 0 Å². The molecule has 2 rings (SSSR count). The van der Waals surface area contributed by atoms with E-state index in [0.717, 1.165) is 6.07 Å². The number of sulfonamides is 1. The van der Waals surface area contributed by atoms with E-state index >= 15 is 0 Å². The molecule has 0 aliphatic carbocycles. The summed E-state index contributed by atoms with van der Waals surface area (Å²) in [5, 5.41) is 5.13. The highest BCUT2D eigenvalue weighted by Crippen LogP contribution is 2.26. The van der Waals surface area contributed by atoms with Crippen molar-refractivity contribution in [1.29, 1.82) is 0 Å². The number of benzene rings is 2. The third-order valence-electron chi connectivity index (χ3n) is 4.31. The van der Waals surface area contributed by atoms with Crippen LogP contribution in [0.15, 0.2) is 47.4 Å². The van der Waals surface area contributed by atoms with Crippen molar-refractivity contribution in [3.05, 3.63) is 53.1 Å². The number of amides is 2. The fraction of sp³-hybridized carbons (Fsp3) is 0.286. The van der Waals surface area contributed by atoms with Crippen molar-refractivity contribution >= 4 is 50.8 Å². The molecule has 11 heteroatoms. The molecule has 32 heavy (non-hydrogen) atoms. The molecule has 0 aliphatic heterocycles. The van der Waals surface area contributed by atoms with E-state index in [1.807, 2.05) is 0 Å². The van der Waals surface area contributed by atoms with Crippen molar-refractivity contribution in [2.45, 2.75) is 25.7 Å². The molecule has 0 unspecified atom stereocenters. The number of carbonyl (C=O) groups excluding carboxylic acids is 3. The molecule has 2 N–H and O–H groups in total. The van der Waals surface area contributed by atoms with Gasteiger partial charge in [-0.3, -0.25) is 9.59 Å². The molecule has 2 amide bonds. The highest BCUT2D eigenvalue weighted by molar-refractivity contribution is 7.89. The summed E-state index contributed by atoms with van der Waals surface area (Å²) in [6.07, 6.45) is 0. The van der Waals surface area contributed by atoms with Crippen LogP contribution in [0, 0.1) is 0 Å². The van der Waals surface area contributed by atoms with Crippen LogP contribution in [-0.4, -0.2) is 50.2 Å². The molecule has 0 saturated heterocycles. The molecule has 0 fully saturated rings. The normalized spacial score (nSPS) is 11.2. The minimum Gasteiger partial charge on any atom is -0.452 e. The lowest BCUT2D eigenvalue weighted by molar-refractivity contribution is -0.119. The molecule has 2 aromatic carbocycles. The quantitative estimate of drug-likeness (QED) is 0.530. The molecule has 0 aromatic heterocycles. The number of carbonyl (C=O) groups is 3. The van der Waals surface area contributed by atoms with Gasteiger partial charge in [-0.1, -0.05) is 25.4 Å². The summed E-state index contributed by atoms with van der Waals surface area (Å²) in [6.45, 7) is 4.68. The van der Waals surface area contributed by atoms with E-state index in [-0.39, 0.29) is 34.5 Å². The van der Waals surface area contributed by atoms with E-state index in [4.69, 9.17) is 16.3 Å². The predicted molar refractivity (Wildman–Crippen MR) is 121 cm³/mol. The van der Waals surface area contributed by atoms with Gasteiger partial charge in [0.2, 0.25) is 15.9 Å². The molecule has 172 valence electrons. The summed E-state index contributed by atoms with van der Waals surface area (Å²) in [5.41, 5.74) is 0.965. The summed E-state index contributed by atoms with van der Waals surface area (Å²) in [6, 6.07) is 10.1. The zero-order valence-corrected chi connectivity index (χ0v) is 19.4. The lowest BCUT2D eigenvalue weighted by Crippen LogP contribution is -2.31. The Kier molecular flexibility index (Phi) is 8.76. The van der Waals surface area contributed by atoms with Gasteiger partial charge in [-0.05, 0) is 42.5 Å². The number of anilines is 2. The fourth-order valence-electron chi connectivity index (χ4n) is 2.78. The van der Waals surface area contributed by atoms with Crippen molar-refractivity contribution in [2.75, 3.05) is 30.3 Å². The van der Waals surface area contributed by atoms with Crippen molar-refractivity contribution < 1.29 is 27.5 Å². The summed E-state index contributed by atoms with van der Waals surface area (Å²) in [5.74, 6) is -1.67. The van der Waals surface area contributed by atoms with Crippen molar-refractivity contribution in [3.8, 4) is 0 Å². The lowest BCUT2D eigenvalue weighted by atomic mass is 10.2. The molecule has 0 heterocycles. The van der Waals surface area contributed by atoms with Gasteiger partial charge in [0.25, 0.3) is 5.91 Å². The smallest absolute Gasteiger partial charge is 0.338 e. The second-order valence-electron chi connectivity index (χ2n) is 6.62. The van der Waals surface area contributed by atoms with Crippen LogP contribution in [0.2, 0.25) is 5.02 Å². The van der Waals surface area contributed by atoms with Crippen LogP contribution in [0.25, 0.3) is 0 Å². The van der Waals surface area contributed by atoms with Gasteiger partial charge in [0, 0.05) is 31.4 Å². The number of hydrogen-bond donors (Lipinski definition) is 2. The second kappa shape index (κ2) is 11.1. The molecular formula is C21H24ClN3O6S. The molecule has 0 radical (unpaired) electrons. The van der Waals surface area contributed by atoms with Crippen LogP contribution in [0.4, 0.5) is 11.4 Å². The Morgan fingerprint density at radius 3 is 2.06 bits per heavy atom. The SMILES string of the molecule is CCN(CC)S(=O)(=O)c1cc(C(=O)OCC(=O)Nc2ccc(NC(C)=O)cc2)ccc1Cl. The highest BCUT2D eigenvalue weighted by Gasteiger charge is 2.26. The number of esters is 1. The van der Waals surface area contributed by atoms with Gasteiger partial charge in [0.1, 0.15) is 4.90 Å². The van der Waals surface area contributed by atoms with Crippen LogP contribution in [-0.2, 0) is 24.3 Å². The molecule has 0 spiro atoms. The van der Waals surface area contributed by atoms with E-state index in [0.29, 0.717) is 11.4 Å². The average Bonchev–Trinajstić information content (AvgIpc) is 2.74. The van der Waals surface area contributed by atoms with Crippen LogP contribution < -0.4 is 10.6 Å². The van der Waals surface area contributed by atoms with E-state index in [1.165, 1.54) is 23.4 Å². The molecule has 2 aromatic rings. The minimum atomic E-state index is -3.88. The summed E-state index contributed by atoms with van der Waals surface area (Å²) in [7, 11) is -3.88. The van der Waals surface area contributed by atoms with Gasteiger partial charge < -0.3 is 15.4 Å². The third kappa shape index (κ3) is 6.52. The Balaban J connectivity index is 2.04. The summed E-state index contributed by atoms with van der Waals surface area (Å²) < 4.78 is 31.7. The van der Waals surface area contributed by atoms with E-state index in [1.54, 1.807) is 38.1 Å². The number of halogens is 1. The number of nitrogens with zero attached hydrogens (tertiary/aromatic N) is 1. The average molecular weight is 482 g/mol. The zero-order chi connectivity index (χ0) is 23.9. The van der Waals surface area contributed by atoms with E-state index < -0.39 is 28.5 Å². The van der Waals surface area contributed by atoms with E-state index in [2.05, 4.69) is 10.6 Å². The van der Waals surface area contributed by atoms with Gasteiger partial charge in [0.05, 0.1) is 10.6 Å². The van der Waals surface area contributed by atoms with Crippen LogP contribution in [0.3, 0.4) is 0 Å².